The minimum Gasteiger partial charge on any atom is -0.478 e. The van der Waals surface area contributed by atoms with Crippen molar-refractivity contribution in [1.82, 2.24) is 4.98 Å². The number of pyridine rings is 1. The van der Waals surface area contributed by atoms with E-state index in [0.717, 1.165) is 11.1 Å². The molecule has 2 atom stereocenters. The SMILES string of the molecule is Cc1cc(C)c2c(c1)[C@]1(C(=O)N2C)C(C=O)=CO[C@]12C(=O)N(C)c1ncccc12. The van der Waals surface area contributed by atoms with Crippen molar-refractivity contribution in [3.63, 3.8) is 0 Å². The lowest BCUT2D eigenvalue weighted by Gasteiger charge is -2.37. The molecule has 0 saturated carbocycles. The monoisotopic (exact) mass is 389 g/mol. The van der Waals surface area contributed by atoms with Crippen molar-refractivity contribution in [2.75, 3.05) is 23.9 Å². The van der Waals surface area contributed by atoms with Crippen LogP contribution in [0.2, 0.25) is 0 Å². The first kappa shape index (κ1) is 17.6. The van der Waals surface area contributed by atoms with Crippen molar-refractivity contribution < 1.29 is 19.1 Å². The average Bonchev–Trinajstić information content (AvgIpc) is 3.24. The fourth-order valence-electron chi connectivity index (χ4n) is 5.29. The van der Waals surface area contributed by atoms with E-state index in [1.54, 1.807) is 32.4 Å². The minimum atomic E-state index is -1.71. The van der Waals surface area contributed by atoms with E-state index in [1.165, 1.54) is 16.1 Å². The van der Waals surface area contributed by atoms with Gasteiger partial charge in [0.1, 0.15) is 5.82 Å². The Bertz CT molecular complexity index is 1170. The molecule has 7 heteroatoms. The highest BCUT2D eigenvalue weighted by Crippen LogP contribution is 2.64. The summed E-state index contributed by atoms with van der Waals surface area (Å²) in [6, 6.07) is 7.29. The molecule has 0 bridgehead atoms. The second-order valence-electron chi connectivity index (χ2n) is 7.82. The third-order valence-electron chi connectivity index (χ3n) is 6.35. The van der Waals surface area contributed by atoms with Gasteiger partial charge < -0.3 is 9.64 Å². The molecule has 7 nitrogen and oxygen atoms in total. The number of fused-ring (bicyclic) bond motifs is 5. The molecule has 1 aromatic carbocycles. The van der Waals surface area contributed by atoms with Crippen LogP contribution in [0.25, 0.3) is 0 Å². The molecule has 0 fully saturated rings. The summed E-state index contributed by atoms with van der Waals surface area (Å²) in [6.07, 6.45) is 3.47. The zero-order valence-electron chi connectivity index (χ0n) is 16.5. The smallest absolute Gasteiger partial charge is 0.278 e. The Morgan fingerprint density at radius 3 is 2.55 bits per heavy atom. The fraction of sp³-hybridized carbons (Fsp3) is 0.273. The van der Waals surface area contributed by atoms with E-state index in [-0.39, 0.29) is 11.5 Å². The molecule has 146 valence electrons. The number of rotatable bonds is 1. The summed E-state index contributed by atoms with van der Waals surface area (Å²) in [4.78, 5) is 47.0. The lowest BCUT2D eigenvalue weighted by molar-refractivity contribution is -0.147. The summed E-state index contributed by atoms with van der Waals surface area (Å²) in [5, 5.41) is 0. The highest BCUT2D eigenvalue weighted by Gasteiger charge is 2.76. The maximum atomic E-state index is 13.9. The summed E-state index contributed by atoms with van der Waals surface area (Å²) < 4.78 is 6.04. The number of hydrogen-bond donors (Lipinski definition) is 0. The van der Waals surface area contributed by atoms with Crippen molar-refractivity contribution in [2.45, 2.75) is 24.9 Å². The Morgan fingerprint density at radius 1 is 1.07 bits per heavy atom. The van der Waals surface area contributed by atoms with Crippen molar-refractivity contribution in [3.05, 3.63) is 64.6 Å². The summed E-state index contributed by atoms with van der Waals surface area (Å²) >= 11 is 0. The van der Waals surface area contributed by atoms with Crippen LogP contribution in [0.15, 0.2) is 42.3 Å². The minimum absolute atomic E-state index is 0.136. The summed E-state index contributed by atoms with van der Waals surface area (Å²) in [5.41, 5.74) is 0.438. The van der Waals surface area contributed by atoms with Gasteiger partial charge in [-0.25, -0.2) is 4.98 Å². The van der Waals surface area contributed by atoms with Crippen molar-refractivity contribution >= 4 is 29.6 Å². The first-order valence-electron chi connectivity index (χ1n) is 9.29. The van der Waals surface area contributed by atoms with Crippen molar-refractivity contribution in [3.8, 4) is 0 Å². The van der Waals surface area contributed by atoms with Crippen LogP contribution in [-0.2, 0) is 30.1 Å². The highest BCUT2D eigenvalue weighted by molar-refractivity contribution is 6.22. The molecule has 0 saturated heterocycles. The Balaban J connectivity index is 1.96. The van der Waals surface area contributed by atoms with Gasteiger partial charge in [0.05, 0.1) is 17.5 Å². The van der Waals surface area contributed by atoms with E-state index in [9.17, 15) is 14.4 Å². The van der Waals surface area contributed by atoms with Gasteiger partial charge in [-0.05, 0) is 31.5 Å². The number of aldehydes is 1. The third kappa shape index (κ3) is 1.66. The molecule has 5 rings (SSSR count). The molecule has 3 aliphatic heterocycles. The Morgan fingerprint density at radius 2 is 1.83 bits per heavy atom. The molecule has 4 heterocycles. The molecule has 2 amide bonds. The first-order valence-corrected chi connectivity index (χ1v) is 9.29. The molecule has 0 aliphatic carbocycles. The maximum absolute atomic E-state index is 13.9. The average molecular weight is 389 g/mol. The van der Waals surface area contributed by atoms with Crippen molar-refractivity contribution in [1.29, 1.82) is 0 Å². The number of aryl methyl sites for hydroxylation is 2. The summed E-state index contributed by atoms with van der Waals surface area (Å²) in [5.74, 6) is -0.366. The normalized spacial score (nSPS) is 26.8. The van der Waals surface area contributed by atoms with E-state index in [2.05, 4.69) is 4.98 Å². The van der Waals surface area contributed by atoms with Gasteiger partial charge in [0.2, 0.25) is 11.5 Å². The Labute approximate surface area is 167 Å². The van der Waals surface area contributed by atoms with Crippen LogP contribution in [0.5, 0.6) is 0 Å². The Kier molecular flexibility index (Phi) is 3.23. The molecular formula is C22H19N3O4. The van der Waals surface area contributed by atoms with Crippen LogP contribution in [0.4, 0.5) is 11.5 Å². The summed E-state index contributed by atoms with van der Waals surface area (Å²) in [7, 11) is 3.27. The molecular weight excluding hydrogens is 370 g/mol. The fourth-order valence-corrected chi connectivity index (χ4v) is 5.29. The van der Waals surface area contributed by atoms with E-state index in [0.29, 0.717) is 28.9 Å². The lowest BCUT2D eigenvalue weighted by atomic mass is 9.62. The number of anilines is 2. The molecule has 0 unspecified atom stereocenters. The maximum Gasteiger partial charge on any atom is 0.278 e. The molecule has 0 N–H and O–H groups in total. The first-order chi connectivity index (χ1) is 13.8. The molecule has 0 radical (unpaired) electrons. The van der Waals surface area contributed by atoms with Gasteiger partial charge in [0.15, 0.2) is 11.7 Å². The molecule has 2 spiro atoms. The van der Waals surface area contributed by atoms with Crippen LogP contribution in [0.3, 0.4) is 0 Å². The van der Waals surface area contributed by atoms with Crippen LogP contribution in [0, 0.1) is 13.8 Å². The number of likely N-dealkylation sites (N-methyl/N-ethyl adjacent to an activating group) is 2. The van der Waals surface area contributed by atoms with Gasteiger partial charge in [-0.2, -0.15) is 0 Å². The lowest BCUT2D eigenvalue weighted by Crippen LogP contribution is -2.58. The van der Waals surface area contributed by atoms with Crippen LogP contribution >= 0.6 is 0 Å². The standard InChI is InChI=1S/C22H19N3O4/c1-12-8-13(2)17-16(9-12)21(19(27)24(17)3)14(10-26)11-29-22(21)15-6-5-7-23-18(15)25(4)20(22)28/h5-11H,1-4H3/t21-,22+/m0/s1. The molecule has 1 aromatic heterocycles. The van der Waals surface area contributed by atoms with Crippen molar-refractivity contribution in [2.24, 2.45) is 0 Å². The molecule has 3 aliphatic rings. The second kappa shape index (κ2) is 5.31. The van der Waals surface area contributed by atoms with Gasteiger partial charge in [0, 0.05) is 31.4 Å². The van der Waals surface area contributed by atoms with Crippen LogP contribution < -0.4 is 9.80 Å². The largest absolute Gasteiger partial charge is 0.478 e. The number of benzene rings is 1. The van der Waals surface area contributed by atoms with E-state index in [4.69, 9.17) is 4.74 Å². The van der Waals surface area contributed by atoms with E-state index in [1.807, 2.05) is 26.0 Å². The Hall–Kier alpha value is -3.48. The number of carbonyl (C=O) groups is 3. The number of hydrogen-bond acceptors (Lipinski definition) is 5. The zero-order chi connectivity index (χ0) is 20.7. The number of carbonyl (C=O) groups excluding carboxylic acids is 3. The number of amides is 2. The highest BCUT2D eigenvalue weighted by atomic mass is 16.5. The predicted molar refractivity (Wildman–Crippen MR) is 106 cm³/mol. The molecule has 2 aromatic rings. The topological polar surface area (TPSA) is 79.8 Å². The number of nitrogens with zero attached hydrogens (tertiary/aromatic N) is 3. The van der Waals surface area contributed by atoms with Gasteiger partial charge in [-0.15, -0.1) is 0 Å². The van der Waals surface area contributed by atoms with Gasteiger partial charge in [-0.1, -0.05) is 17.7 Å². The third-order valence-corrected chi connectivity index (χ3v) is 6.35. The van der Waals surface area contributed by atoms with E-state index >= 15 is 0 Å². The number of aromatic nitrogens is 1. The van der Waals surface area contributed by atoms with Crippen LogP contribution in [-0.4, -0.2) is 37.2 Å². The molecule has 29 heavy (non-hydrogen) atoms. The van der Waals surface area contributed by atoms with E-state index < -0.39 is 16.9 Å². The number of ether oxygens (including phenoxy) is 1. The quantitative estimate of drug-likeness (QED) is 0.696. The zero-order valence-corrected chi connectivity index (χ0v) is 16.5. The summed E-state index contributed by atoms with van der Waals surface area (Å²) in [6.45, 7) is 3.84. The van der Waals surface area contributed by atoms with Gasteiger partial charge in [-0.3, -0.25) is 19.3 Å². The van der Waals surface area contributed by atoms with Gasteiger partial charge in [0.25, 0.3) is 5.91 Å². The van der Waals surface area contributed by atoms with Crippen LogP contribution in [0.1, 0.15) is 22.3 Å². The van der Waals surface area contributed by atoms with Gasteiger partial charge >= 0.3 is 0 Å². The second-order valence-corrected chi connectivity index (χ2v) is 7.82. The predicted octanol–water partition coefficient (Wildman–Crippen LogP) is 1.90.